The highest BCUT2D eigenvalue weighted by atomic mass is 32.1. The third-order valence-electron chi connectivity index (χ3n) is 4.54. The zero-order chi connectivity index (χ0) is 17.9. The molecule has 1 aromatic carbocycles. The Labute approximate surface area is 156 Å². The molecule has 6 heteroatoms. The van der Waals surface area contributed by atoms with E-state index in [4.69, 9.17) is 9.41 Å². The number of fused-ring (bicyclic) bond motifs is 1. The molecule has 1 amide bonds. The second-order valence-corrected chi connectivity index (χ2v) is 7.08. The van der Waals surface area contributed by atoms with Crippen LogP contribution in [0, 0.1) is 0 Å². The molecule has 4 rings (SSSR count). The summed E-state index contributed by atoms with van der Waals surface area (Å²) < 4.78 is 5.16. The summed E-state index contributed by atoms with van der Waals surface area (Å²) >= 11 is 1.69. The van der Waals surface area contributed by atoms with E-state index in [2.05, 4.69) is 40.8 Å². The highest BCUT2D eigenvalue weighted by Crippen LogP contribution is 2.28. The van der Waals surface area contributed by atoms with E-state index in [0.717, 1.165) is 21.8 Å². The largest absolute Gasteiger partial charge is 0.459 e. The van der Waals surface area contributed by atoms with E-state index in [0.29, 0.717) is 18.8 Å². The van der Waals surface area contributed by atoms with E-state index < -0.39 is 0 Å². The van der Waals surface area contributed by atoms with Gasteiger partial charge in [-0.25, -0.2) is 0 Å². The Morgan fingerprint density at radius 1 is 1.27 bits per heavy atom. The molecule has 1 aliphatic rings. The lowest BCUT2D eigenvalue weighted by Gasteiger charge is -2.28. The topological polar surface area (TPSA) is 57.8 Å². The number of likely N-dealkylation sites (N-methyl/N-ethyl adjacent to an activating group) is 1. The highest BCUT2D eigenvalue weighted by Gasteiger charge is 2.25. The molecule has 0 radical (unpaired) electrons. The molecule has 1 unspecified atom stereocenters. The van der Waals surface area contributed by atoms with Crippen LogP contribution in [0.15, 0.2) is 69.6 Å². The molecule has 1 N–H and O–H groups in total. The summed E-state index contributed by atoms with van der Waals surface area (Å²) in [7, 11) is 2.05. The van der Waals surface area contributed by atoms with Crippen molar-refractivity contribution >= 4 is 28.6 Å². The molecule has 3 heterocycles. The molecule has 26 heavy (non-hydrogen) atoms. The van der Waals surface area contributed by atoms with E-state index in [9.17, 15) is 4.79 Å². The van der Waals surface area contributed by atoms with Crippen molar-refractivity contribution in [2.75, 3.05) is 25.0 Å². The molecule has 2 aromatic heterocycles. The molecule has 0 spiro atoms. The Bertz CT molecular complexity index is 916. The first kappa shape index (κ1) is 16.6. The molecule has 0 saturated carbocycles. The lowest BCUT2D eigenvalue weighted by atomic mass is 10.1. The van der Waals surface area contributed by atoms with Crippen LogP contribution in [0.3, 0.4) is 0 Å². The van der Waals surface area contributed by atoms with E-state index in [1.807, 2.05) is 18.2 Å². The normalized spacial score (nSPS) is 16.6. The van der Waals surface area contributed by atoms with E-state index in [-0.39, 0.29) is 11.9 Å². The predicted molar refractivity (Wildman–Crippen MR) is 104 cm³/mol. The van der Waals surface area contributed by atoms with Crippen LogP contribution >= 0.6 is 11.3 Å². The average molecular weight is 365 g/mol. The van der Waals surface area contributed by atoms with Gasteiger partial charge >= 0.3 is 0 Å². The van der Waals surface area contributed by atoms with E-state index in [1.165, 1.54) is 6.26 Å². The summed E-state index contributed by atoms with van der Waals surface area (Å²) in [6.07, 6.45) is 1.50. The van der Waals surface area contributed by atoms with Crippen molar-refractivity contribution in [2.24, 2.45) is 4.99 Å². The van der Waals surface area contributed by atoms with Crippen LogP contribution in [-0.4, -0.2) is 37.8 Å². The van der Waals surface area contributed by atoms with Gasteiger partial charge in [0.1, 0.15) is 0 Å². The van der Waals surface area contributed by atoms with Crippen molar-refractivity contribution < 1.29 is 9.21 Å². The SMILES string of the molecule is CN1c2ccccc2C(c2cccs2)=NCC1CNC(=O)c1ccco1. The highest BCUT2D eigenvalue weighted by molar-refractivity contribution is 7.12. The minimum atomic E-state index is -0.205. The molecule has 1 aliphatic heterocycles. The van der Waals surface area contributed by atoms with Crippen LogP contribution in [0.1, 0.15) is 21.0 Å². The first-order chi connectivity index (χ1) is 12.7. The van der Waals surface area contributed by atoms with Crippen LogP contribution in [0.4, 0.5) is 5.69 Å². The van der Waals surface area contributed by atoms with Gasteiger partial charge in [0.2, 0.25) is 0 Å². The molecule has 0 saturated heterocycles. The third kappa shape index (κ3) is 3.15. The van der Waals surface area contributed by atoms with Crippen molar-refractivity contribution in [3.8, 4) is 0 Å². The van der Waals surface area contributed by atoms with Crippen molar-refractivity contribution in [1.82, 2.24) is 5.32 Å². The molecule has 132 valence electrons. The minimum absolute atomic E-state index is 0.0625. The molecular weight excluding hydrogens is 346 g/mol. The number of nitrogens with one attached hydrogen (secondary N) is 1. The fourth-order valence-corrected chi connectivity index (χ4v) is 3.86. The maximum atomic E-state index is 12.2. The second-order valence-electron chi connectivity index (χ2n) is 6.14. The summed E-state index contributed by atoms with van der Waals surface area (Å²) in [5, 5.41) is 5.02. The second kappa shape index (κ2) is 7.17. The van der Waals surface area contributed by atoms with Crippen molar-refractivity contribution in [3.63, 3.8) is 0 Å². The van der Waals surface area contributed by atoms with Gasteiger partial charge in [0.25, 0.3) is 5.91 Å². The van der Waals surface area contributed by atoms with Gasteiger partial charge in [0, 0.05) is 24.8 Å². The Hall–Kier alpha value is -2.86. The molecule has 3 aromatic rings. The number of hydrogen-bond donors (Lipinski definition) is 1. The van der Waals surface area contributed by atoms with Gasteiger partial charge in [-0.3, -0.25) is 9.79 Å². The first-order valence-electron chi connectivity index (χ1n) is 8.46. The maximum absolute atomic E-state index is 12.2. The zero-order valence-corrected chi connectivity index (χ0v) is 15.2. The minimum Gasteiger partial charge on any atom is -0.459 e. The van der Waals surface area contributed by atoms with E-state index >= 15 is 0 Å². The fraction of sp³-hybridized carbons (Fsp3) is 0.200. The summed E-state index contributed by atoms with van der Waals surface area (Å²) in [5.41, 5.74) is 3.26. The first-order valence-corrected chi connectivity index (χ1v) is 9.34. The Kier molecular flexibility index (Phi) is 4.58. The maximum Gasteiger partial charge on any atom is 0.287 e. The molecule has 0 fully saturated rings. The number of anilines is 1. The number of carbonyl (C=O) groups excluding carboxylic acids is 1. The smallest absolute Gasteiger partial charge is 0.287 e. The molecule has 0 bridgehead atoms. The number of nitrogens with zero attached hydrogens (tertiary/aromatic N) is 2. The number of benzene rings is 1. The standard InChI is InChI=1S/C20H19N3O2S/c1-23-14(13-22-20(24)17-8-4-10-25-17)12-21-19(18-9-5-11-26-18)15-6-2-3-7-16(15)23/h2-11,14H,12-13H2,1H3,(H,22,24). The monoisotopic (exact) mass is 365 g/mol. The van der Waals surface area contributed by atoms with Crippen molar-refractivity contribution in [1.29, 1.82) is 0 Å². The number of thiophene rings is 1. The molecule has 0 aliphatic carbocycles. The number of carbonyl (C=O) groups is 1. The molecular formula is C20H19N3O2S. The van der Waals surface area contributed by atoms with E-state index in [1.54, 1.807) is 23.5 Å². The Balaban J connectivity index is 1.59. The number of benzodiazepines with no additional fused rings is 1. The van der Waals surface area contributed by atoms with Gasteiger partial charge in [-0.1, -0.05) is 24.3 Å². The Morgan fingerprint density at radius 2 is 2.15 bits per heavy atom. The van der Waals surface area contributed by atoms with Gasteiger partial charge in [0.15, 0.2) is 5.76 Å². The van der Waals surface area contributed by atoms with Crippen LogP contribution in [0.5, 0.6) is 0 Å². The van der Waals surface area contributed by atoms with Crippen LogP contribution in [0.2, 0.25) is 0 Å². The lowest BCUT2D eigenvalue weighted by Crippen LogP contribution is -2.43. The number of para-hydroxylation sites is 1. The summed E-state index contributed by atoms with van der Waals surface area (Å²) in [6, 6.07) is 15.8. The average Bonchev–Trinajstić information content (AvgIpc) is 3.36. The fourth-order valence-electron chi connectivity index (χ4n) is 3.11. The van der Waals surface area contributed by atoms with Gasteiger partial charge in [-0.15, -0.1) is 11.3 Å². The summed E-state index contributed by atoms with van der Waals surface area (Å²) in [4.78, 5) is 20.4. The number of aliphatic imine (C=N–C) groups is 1. The van der Waals surface area contributed by atoms with Crippen molar-refractivity contribution in [3.05, 3.63) is 76.4 Å². The van der Waals surface area contributed by atoms with Gasteiger partial charge in [-0.05, 0) is 29.6 Å². The lowest BCUT2D eigenvalue weighted by molar-refractivity contribution is 0.0923. The summed E-state index contributed by atoms with van der Waals surface area (Å²) in [5.74, 6) is 0.118. The van der Waals surface area contributed by atoms with Crippen LogP contribution in [0.25, 0.3) is 0 Å². The molecule has 5 nitrogen and oxygen atoms in total. The number of rotatable bonds is 4. The quantitative estimate of drug-likeness (QED) is 0.771. The zero-order valence-electron chi connectivity index (χ0n) is 14.4. The summed E-state index contributed by atoms with van der Waals surface area (Å²) in [6.45, 7) is 1.10. The van der Waals surface area contributed by atoms with Gasteiger partial charge < -0.3 is 14.6 Å². The number of furan rings is 1. The third-order valence-corrected chi connectivity index (χ3v) is 5.42. The van der Waals surface area contributed by atoms with Gasteiger partial charge in [-0.2, -0.15) is 0 Å². The molecule has 1 atom stereocenters. The number of amides is 1. The number of hydrogen-bond acceptors (Lipinski definition) is 5. The van der Waals surface area contributed by atoms with Crippen LogP contribution in [-0.2, 0) is 0 Å². The predicted octanol–water partition coefficient (Wildman–Crippen LogP) is 3.43. The van der Waals surface area contributed by atoms with Crippen molar-refractivity contribution in [2.45, 2.75) is 6.04 Å². The van der Waals surface area contributed by atoms with Gasteiger partial charge in [0.05, 0.1) is 29.4 Å². The Morgan fingerprint density at radius 3 is 2.92 bits per heavy atom. The van der Waals surface area contributed by atoms with Crippen LogP contribution < -0.4 is 10.2 Å².